The van der Waals surface area contributed by atoms with E-state index in [1.165, 1.54) is 91.8 Å². The Morgan fingerprint density at radius 1 is 0.394 bits per heavy atom. The van der Waals surface area contributed by atoms with E-state index < -0.39 is 0 Å². The second-order valence-corrected chi connectivity index (χ2v) is 10.8. The molecule has 0 saturated heterocycles. The molecule has 3 aromatic rings. The molecule has 0 nitrogen and oxygen atoms in total. The summed E-state index contributed by atoms with van der Waals surface area (Å²) in [6.07, 6.45) is 16.6. The van der Waals surface area contributed by atoms with Gasteiger partial charge in [0.15, 0.2) is 0 Å². The predicted molar refractivity (Wildman–Crippen MR) is 145 cm³/mol. The van der Waals surface area contributed by atoms with Crippen LogP contribution in [0.5, 0.6) is 0 Å². The molecule has 0 aliphatic heterocycles. The molecule has 0 aliphatic rings. The van der Waals surface area contributed by atoms with Gasteiger partial charge in [-0.3, -0.25) is 0 Å². The molecule has 0 aromatic heterocycles. The zero-order chi connectivity index (χ0) is 23.0. The molecule has 0 heterocycles. The molecule has 0 fully saturated rings. The van der Waals surface area contributed by atoms with Gasteiger partial charge in [0.05, 0.1) is 0 Å². The Hall–Kier alpha value is -1.54. The van der Waals surface area contributed by atoms with E-state index in [4.69, 9.17) is 0 Å². The first-order chi connectivity index (χ1) is 16.4. The van der Waals surface area contributed by atoms with Crippen molar-refractivity contribution >= 4 is 22.5 Å². The normalized spacial score (nSPS) is 11.5. The third kappa shape index (κ3) is 8.02. The van der Waals surface area contributed by atoms with Crippen LogP contribution in [0.15, 0.2) is 91.0 Å². The molecular weight excluding hydrogens is 503 g/mol. The molecule has 0 N–H and O–H groups in total. The first-order valence-electron chi connectivity index (χ1n) is 13.2. The summed E-state index contributed by atoms with van der Waals surface area (Å²) in [6.45, 7) is 0. The Morgan fingerprint density at radius 2 is 0.697 bits per heavy atom. The van der Waals surface area contributed by atoms with Gasteiger partial charge in [0.25, 0.3) is 0 Å². The quantitative estimate of drug-likeness (QED) is 0.0958. The predicted octanol–water partition coefficient (Wildman–Crippen LogP) is 9.29. The maximum absolute atomic E-state index is 2.32. The fourth-order valence-corrected chi connectivity index (χ4v) is 5.92. The summed E-state index contributed by atoms with van der Waals surface area (Å²) in [5.41, 5.74) is 4.15. The van der Waals surface area contributed by atoms with Gasteiger partial charge in [0, 0.05) is 5.41 Å². The van der Waals surface area contributed by atoms with Crippen molar-refractivity contribution in [2.45, 2.75) is 86.9 Å². The summed E-state index contributed by atoms with van der Waals surface area (Å²) in [6, 6.07) is 33.5. The Balaban J connectivity index is 1.59. The van der Waals surface area contributed by atoms with Crippen molar-refractivity contribution < 1.29 is 0 Å². The molecule has 0 amide bonds. The standard InChI is InChI=1S/C32H41.Sn/c1-2-3-4-5-6-7-8-9-10-11-21-28-32(29-22-15-12-16-23-29,30-24-17-13-18-25-30)31-26-19-14-20-27-31;/h12-20,22-27H,1-11,21,28H2;. The number of rotatable bonds is 16. The van der Waals surface area contributed by atoms with Gasteiger partial charge < -0.3 is 0 Å². The third-order valence-electron chi connectivity index (χ3n) is 7.03. The van der Waals surface area contributed by atoms with Crippen LogP contribution < -0.4 is 0 Å². The monoisotopic (exact) mass is 545 g/mol. The van der Waals surface area contributed by atoms with Crippen molar-refractivity contribution in [3.63, 3.8) is 0 Å². The van der Waals surface area contributed by atoms with Crippen LogP contribution in [0.2, 0.25) is 4.44 Å². The summed E-state index contributed by atoms with van der Waals surface area (Å²) in [7, 11) is 0. The van der Waals surface area contributed by atoms with Crippen molar-refractivity contribution in [3.8, 4) is 0 Å². The molecule has 1 heteroatoms. The summed E-state index contributed by atoms with van der Waals surface area (Å²) in [5, 5.41) is 0. The third-order valence-corrected chi connectivity index (χ3v) is 8.04. The molecule has 0 atom stereocenters. The SMILES string of the molecule is [Sn][CH2]CCCCCCCCCCCCC(c1ccccc1)(c1ccccc1)c1ccccc1. The average Bonchev–Trinajstić information content (AvgIpc) is 2.89. The molecule has 173 valence electrons. The van der Waals surface area contributed by atoms with Gasteiger partial charge in [-0.15, -0.1) is 0 Å². The van der Waals surface area contributed by atoms with Gasteiger partial charge in [-0.25, -0.2) is 0 Å². The average molecular weight is 544 g/mol. The minimum Gasteiger partial charge on any atom is -0.0622 e. The van der Waals surface area contributed by atoms with E-state index in [0.717, 1.165) is 6.42 Å². The van der Waals surface area contributed by atoms with Gasteiger partial charge >= 0.3 is 97.6 Å². The second kappa shape index (κ2) is 15.4. The summed E-state index contributed by atoms with van der Waals surface area (Å²) >= 11 is 1.70. The van der Waals surface area contributed by atoms with E-state index in [2.05, 4.69) is 91.0 Å². The van der Waals surface area contributed by atoms with Crippen molar-refractivity contribution in [2.75, 3.05) is 0 Å². The Bertz CT molecular complexity index is 760. The van der Waals surface area contributed by atoms with E-state index in [1.807, 2.05) is 0 Å². The molecule has 0 spiro atoms. The van der Waals surface area contributed by atoms with Crippen LogP contribution in [-0.4, -0.2) is 22.5 Å². The number of hydrogen-bond acceptors (Lipinski definition) is 0. The number of benzene rings is 3. The Labute approximate surface area is 216 Å². The van der Waals surface area contributed by atoms with E-state index in [0.29, 0.717) is 0 Å². The molecule has 3 radical (unpaired) electrons. The number of hydrogen-bond donors (Lipinski definition) is 0. The minimum absolute atomic E-state index is 0.0795. The molecule has 0 aliphatic carbocycles. The summed E-state index contributed by atoms with van der Waals surface area (Å²) < 4.78 is 1.44. The molecule has 33 heavy (non-hydrogen) atoms. The zero-order valence-corrected chi connectivity index (χ0v) is 23.2. The van der Waals surface area contributed by atoms with E-state index in [-0.39, 0.29) is 5.41 Å². The molecular formula is C32H41Sn. The van der Waals surface area contributed by atoms with Crippen LogP contribution in [0.3, 0.4) is 0 Å². The fourth-order valence-electron chi connectivity index (χ4n) is 5.21. The van der Waals surface area contributed by atoms with Crippen molar-refractivity contribution in [2.24, 2.45) is 0 Å². The van der Waals surface area contributed by atoms with E-state index in [9.17, 15) is 0 Å². The van der Waals surface area contributed by atoms with Gasteiger partial charge in [0.2, 0.25) is 0 Å². The molecule has 0 unspecified atom stereocenters. The smallest absolute Gasteiger partial charge is 0.0622 e. The van der Waals surface area contributed by atoms with Crippen LogP contribution in [0.25, 0.3) is 0 Å². The zero-order valence-electron chi connectivity index (χ0n) is 20.4. The molecule has 3 rings (SSSR count). The van der Waals surface area contributed by atoms with Gasteiger partial charge in [0.1, 0.15) is 0 Å². The van der Waals surface area contributed by atoms with E-state index in [1.54, 1.807) is 22.5 Å². The van der Waals surface area contributed by atoms with Crippen LogP contribution in [0.1, 0.15) is 93.7 Å². The van der Waals surface area contributed by atoms with Gasteiger partial charge in [-0.1, -0.05) is 91.0 Å². The minimum atomic E-state index is -0.0795. The fraction of sp³-hybridized carbons (Fsp3) is 0.438. The van der Waals surface area contributed by atoms with Crippen LogP contribution in [-0.2, 0) is 5.41 Å². The first kappa shape index (κ1) is 26.1. The first-order valence-corrected chi connectivity index (χ1v) is 15.2. The molecule has 3 aromatic carbocycles. The van der Waals surface area contributed by atoms with Crippen LogP contribution in [0, 0.1) is 0 Å². The Morgan fingerprint density at radius 3 is 1.03 bits per heavy atom. The molecule has 0 saturated carbocycles. The van der Waals surface area contributed by atoms with Crippen molar-refractivity contribution in [1.82, 2.24) is 0 Å². The second-order valence-electron chi connectivity index (χ2n) is 9.39. The van der Waals surface area contributed by atoms with Crippen molar-refractivity contribution in [3.05, 3.63) is 108 Å². The number of unbranched alkanes of at least 4 members (excludes halogenated alkanes) is 10. The topological polar surface area (TPSA) is 0 Å². The summed E-state index contributed by atoms with van der Waals surface area (Å²) in [4.78, 5) is 0. The van der Waals surface area contributed by atoms with Crippen LogP contribution in [0.4, 0.5) is 0 Å². The summed E-state index contributed by atoms with van der Waals surface area (Å²) in [5.74, 6) is 0. The van der Waals surface area contributed by atoms with Gasteiger partial charge in [-0.05, 0) is 23.1 Å². The van der Waals surface area contributed by atoms with Gasteiger partial charge in [-0.2, -0.15) is 0 Å². The maximum atomic E-state index is 2.32. The van der Waals surface area contributed by atoms with Crippen LogP contribution >= 0.6 is 0 Å². The Kier molecular flexibility index (Phi) is 12.1. The molecule has 0 bridgehead atoms. The van der Waals surface area contributed by atoms with E-state index >= 15 is 0 Å². The van der Waals surface area contributed by atoms with Crippen molar-refractivity contribution in [1.29, 1.82) is 0 Å².